The van der Waals surface area contributed by atoms with Crippen LogP contribution in [-0.4, -0.2) is 31.5 Å². The fourth-order valence-electron chi connectivity index (χ4n) is 1.19. The molecule has 0 amide bonds. The number of carbonyl (C=O) groups excluding carboxylic acids is 2. The summed E-state index contributed by atoms with van der Waals surface area (Å²) in [5.74, 6) is -2.31. The van der Waals surface area contributed by atoms with Crippen molar-refractivity contribution in [3.8, 4) is 0 Å². The first-order valence-corrected chi connectivity index (χ1v) is 9.25. The van der Waals surface area contributed by atoms with Crippen LogP contribution in [-0.2, 0) is 30.7 Å². The maximum atomic E-state index is 9.49. The van der Waals surface area contributed by atoms with E-state index in [-0.39, 0.29) is 33.1 Å². The number of rotatable bonds is 2. The summed E-state index contributed by atoms with van der Waals surface area (Å²) in [5, 5.41) is 19.0. The molecule has 1 aliphatic carbocycles. The SMILES string of the molecule is N[C@@H]1CCCC[C@H]1N.O=C([O-])C(Br)Br.O=C([O-])C(Br)Br.[Pt+2]. The number of halogens is 4. The van der Waals surface area contributed by atoms with Crippen LogP contribution in [0.5, 0.6) is 0 Å². The van der Waals surface area contributed by atoms with E-state index >= 15 is 0 Å². The zero-order chi connectivity index (χ0) is 16.3. The smallest absolute Gasteiger partial charge is 0.548 e. The minimum Gasteiger partial charge on any atom is -0.548 e. The van der Waals surface area contributed by atoms with E-state index in [1.165, 1.54) is 12.8 Å². The maximum Gasteiger partial charge on any atom is 2.00 e. The van der Waals surface area contributed by atoms with Gasteiger partial charge in [0.2, 0.25) is 0 Å². The molecule has 0 aliphatic heterocycles. The average molecular weight is 743 g/mol. The van der Waals surface area contributed by atoms with Gasteiger partial charge in [-0.2, -0.15) is 0 Å². The Labute approximate surface area is 171 Å². The molecule has 1 aliphatic rings. The summed E-state index contributed by atoms with van der Waals surface area (Å²) in [6.07, 6.45) is 4.80. The molecule has 128 valence electrons. The Hall–Kier alpha value is 1.47. The Balaban J connectivity index is -0.000000231. The summed E-state index contributed by atoms with van der Waals surface area (Å²) in [7, 11) is 0. The fourth-order valence-corrected chi connectivity index (χ4v) is 1.19. The van der Waals surface area contributed by atoms with Crippen LogP contribution in [0.1, 0.15) is 25.7 Å². The van der Waals surface area contributed by atoms with E-state index < -0.39 is 19.4 Å². The Morgan fingerprint density at radius 1 is 0.857 bits per heavy atom. The summed E-state index contributed by atoms with van der Waals surface area (Å²) in [6, 6.07) is 0.562. The van der Waals surface area contributed by atoms with Gasteiger partial charge in [-0.25, -0.2) is 0 Å². The van der Waals surface area contributed by atoms with Gasteiger partial charge in [0.15, 0.2) is 0 Å². The molecule has 0 aromatic rings. The molecular formula is C10H16Br4N2O4Pt. The van der Waals surface area contributed by atoms with E-state index in [4.69, 9.17) is 11.5 Å². The van der Waals surface area contributed by atoms with Crippen molar-refractivity contribution < 1.29 is 40.9 Å². The summed E-state index contributed by atoms with van der Waals surface area (Å²) in [5.41, 5.74) is 11.3. The van der Waals surface area contributed by atoms with Gasteiger partial charge in [-0.1, -0.05) is 76.6 Å². The van der Waals surface area contributed by atoms with E-state index in [1.807, 2.05) is 0 Å². The van der Waals surface area contributed by atoms with Crippen molar-refractivity contribution in [2.75, 3.05) is 0 Å². The van der Waals surface area contributed by atoms with Gasteiger partial charge in [0, 0.05) is 12.1 Å². The molecular weight excluding hydrogens is 727 g/mol. The number of alkyl halides is 4. The minimum atomic E-state index is -1.16. The zero-order valence-corrected chi connectivity index (χ0v) is 19.4. The van der Waals surface area contributed by atoms with Crippen LogP contribution in [0, 0.1) is 0 Å². The van der Waals surface area contributed by atoms with Crippen molar-refractivity contribution in [1.29, 1.82) is 0 Å². The van der Waals surface area contributed by atoms with Gasteiger partial charge in [0.1, 0.15) is 7.47 Å². The molecule has 0 radical (unpaired) electrons. The van der Waals surface area contributed by atoms with Crippen LogP contribution in [0.3, 0.4) is 0 Å². The second-order valence-electron chi connectivity index (χ2n) is 3.85. The van der Waals surface area contributed by atoms with E-state index in [1.54, 1.807) is 0 Å². The Kier molecular flexibility index (Phi) is 21.2. The standard InChI is InChI=1S/C6H14N2.2C2H2Br2O2.Pt/c7-5-3-1-2-4-6(5)8;2*3-1(4)2(5)6;/h5-6H,1-4,7-8H2;2*1H,(H,5,6);/q;;;+2/p-2/t5-,6-;;;/m1.../s1. The number of hydrogen-bond donors (Lipinski definition) is 2. The van der Waals surface area contributed by atoms with Gasteiger partial charge < -0.3 is 31.3 Å². The Morgan fingerprint density at radius 2 is 1.05 bits per heavy atom. The predicted molar refractivity (Wildman–Crippen MR) is 87.7 cm³/mol. The quantitative estimate of drug-likeness (QED) is 0.381. The normalized spacial score (nSPS) is 20.4. The summed E-state index contributed by atoms with van der Waals surface area (Å²) >= 11 is 10.8. The summed E-state index contributed by atoms with van der Waals surface area (Å²) in [6.45, 7) is 0. The molecule has 0 saturated heterocycles. The Morgan fingerprint density at radius 3 is 1.14 bits per heavy atom. The van der Waals surface area contributed by atoms with Gasteiger partial charge in [-0.05, 0) is 12.8 Å². The monoisotopic (exact) mass is 739 g/mol. The zero-order valence-electron chi connectivity index (χ0n) is 10.8. The Bertz CT molecular complexity index is 270. The van der Waals surface area contributed by atoms with Crippen molar-refractivity contribution in [2.24, 2.45) is 11.5 Å². The molecule has 1 fully saturated rings. The number of hydrogen-bond acceptors (Lipinski definition) is 6. The maximum absolute atomic E-state index is 9.49. The number of carboxylic acid groups (broad SMARTS) is 2. The molecule has 0 aromatic heterocycles. The minimum absolute atomic E-state index is 0. The number of nitrogens with two attached hydrogens (primary N) is 2. The first kappa shape index (κ1) is 27.3. The molecule has 0 unspecified atom stereocenters. The van der Waals surface area contributed by atoms with Crippen molar-refractivity contribution in [3.05, 3.63) is 0 Å². The van der Waals surface area contributed by atoms with Crippen molar-refractivity contribution in [3.63, 3.8) is 0 Å². The number of aliphatic carboxylic acids is 2. The van der Waals surface area contributed by atoms with Gasteiger partial charge in [0.05, 0.1) is 11.9 Å². The summed E-state index contributed by atoms with van der Waals surface area (Å²) < 4.78 is -1.44. The van der Waals surface area contributed by atoms with Gasteiger partial charge in [0.25, 0.3) is 0 Å². The van der Waals surface area contributed by atoms with Crippen LogP contribution in [0.15, 0.2) is 0 Å². The van der Waals surface area contributed by atoms with Gasteiger partial charge in [-0.15, -0.1) is 0 Å². The molecule has 0 aromatic carbocycles. The largest absolute Gasteiger partial charge is 2.00 e. The van der Waals surface area contributed by atoms with Crippen molar-refractivity contribution >= 4 is 75.7 Å². The predicted octanol–water partition coefficient (Wildman–Crippen LogP) is -0.0831. The average Bonchev–Trinajstić information content (AvgIpc) is 2.34. The molecule has 2 atom stereocenters. The molecule has 6 nitrogen and oxygen atoms in total. The van der Waals surface area contributed by atoms with Crippen LogP contribution in [0.2, 0.25) is 0 Å². The molecule has 4 N–H and O–H groups in total. The molecule has 21 heavy (non-hydrogen) atoms. The van der Waals surface area contributed by atoms with Gasteiger partial charge >= 0.3 is 21.1 Å². The van der Waals surface area contributed by atoms with Crippen molar-refractivity contribution in [1.82, 2.24) is 0 Å². The molecule has 0 spiro atoms. The van der Waals surface area contributed by atoms with Crippen LogP contribution in [0.4, 0.5) is 0 Å². The fraction of sp³-hybridized carbons (Fsp3) is 0.800. The number of carbonyl (C=O) groups is 2. The van der Waals surface area contributed by atoms with E-state index in [2.05, 4.69) is 63.7 Å². The molecule has 0 bridgehead atoms. The van der Waals surface area contributed by atoms with Crippen molar-refractivity contribution in [2.45, 2.75) is 45.2 Å². The first-order valence-electron chi connectivity index (χ1n) is 5.58. The van der Waals surface area contributed by atoms with Crippen LogP contribution < -0.4 is 21.7 Å². The van der Waals surface area contributed by atoms with Crippen LogP contribution >= 0.6 is 63.7 Å². The third kappa shape index (κ3) is 19.4. The topological polar surface area (TPSA) is 132 Å². The molecule has 11 heteroatoms. The van der Waals surface area contributed by atoms with Crippen LogP contribution in [0.25, 0.3) is 0 Å². The molecule has 1 saturated carbocycles. The van der Waals surface area contributed by atoms with E-state index in [0.717, 1.165) is 12.8 Å². The molecule has 1 rings (SSSR count). The van der Waals surface area contributed by atoms with Gasteiger partial charge in [-0.3, -0.25) is 0 Å². The molecule has 0 heterocycles. The number of carboxylic acids is 2. The van der Waals surface area contributed by atoms with E-state index in [9.17, 15) is 19.8 Å². The van der Waals surface area contributed by atoms with E-state index in [0.29, 0.717) is 0 Å². The second kappa shape index (κ2) is 16.3. The second-order valence-corrected chi connectivity index (χ2v) is 9.97. The first-order chi connectivity index (χ1) is 9.09. The third-order valence-electron chi connectivity index (χ3n) is 2.23. The third-order valence-corrected chi connectivity index (χ3v) is 3.73. The summed E-state index contributed by atoms with van der Waals surface area (Å²) in [4.78, 5) is 19.0.